The van der Waals surface area contributed by atoms with Crippen LogP contribution in [0.2, 0.25) is 0 Å². The van der Waals surface area contributed by atoms with Crippen molar-refractivity contribution in [3.8, 4) is 6.07 Å². The zero-order valence-corrected chi connectivity index (χ0v) is 10.3. The van der Waals surface area contributed by atoms with Crippen molar-refractivity contribution in [3.05, 3.63) is 57.9 Å². The molecule has 1 aromatic carbocycles. The quantitative estimate of drug-likeness (QED) is 0.672. The van der Waals surface area contributed by atoms with Crippen LogP contribution in [-0.2, 0) is 6.54 Å². The maximum atomic E-state index is 10.8. The molecule has 2 aromatic rings. The summed E-state index contributed by atoms with van der Waals surface area (Å²) in [4.78, 5) is 10.4. The van der Waals surface area contributed by atoms with E-state index in [1.54, 1.807) is 36.0 Å². The highest BCUT2D eigenvalue weighted by Crippen LogP contribution is 2.23. The summed E-state index contributed by atoms with van der Waals surface area (Å²) < 4.78 is 1.75. The molecular formula is C13H12N4O2. The lowest BCUT2D eigenvalue weighted by Crippen LogP contribution is -2.04. The van der Waals surface area contributed by atoms with E-state index >= 15 is 0 Å². The molecule has 6 nitrogen and oxygen atoms in total. The Bertz CT molecular complexity index is 655. The van der Waals surface area contributed by atoms with Gasteiger partial charge in [-0.2, -0.15) is 5.26 Å². The van der Waals surface area contributed by atoms with Crippen LogP contribution < -0.4 is 5.32 Å². The minimum atomic E-state index is -0.427. The Morgan fingerprint density at radius 1 is 1.47 bits per heavy atom. The number of nitrogens with one attached hydrogen (secondary N) is 1. The van der Waals surface area contributed by atoms with Crippen molar-refractivity contribution >= 4 is 11.4 Å². The molecule has 0 spiro atoms. The molecule has 0 bridgehead atoms. The van der Waals surface area contributed by atoms with Crippen LogP contribution in [0.25, 0.3) is 0 Å². The Kier molecular flexibility index (Phi) is 3.48. The number of non-ortho nitro benzene ring substituents is 1. The van der Waals surface area contributed by atoms with Crippen LogP contribution in [-0.4, -0.2) is 16.5 Å². The number of nitriles is 1. The van der Waals surface area contributed by atoms with Crippen LogP contribution >= 0.6 is 0 Å². The van der Waals surface area contributed by atoms with Crippen molar-refractivity contribution in [2.24, 2.45) is 0 Å². The van der Waals surface area contributed by atoms with Gasteiger partial charge in [0.25, 0.3) is 5.69 Å². The van der Waals surface area contributed by atoms with Crippen LogP contribution in [0.4, 0.5) is 11.4 Å². The third kappa shape index (κ3) is 2.55. The number of nitro groups is 1. The third-order valence-corrected chi connectivity index (χ3v) is 2.85. The lowest BCUT2D eigenvalue weighted by molar-refractivity contribution is -0.384. The standard InChI is InChI=1S/C13H12N4O2/c1-15-13-5-4-11(17(18)19)7-10(13)9-16-6-2-3-12(16)8-14/h2-7,15H,9H2,1H3. The molecule has 0 aliphatic carbocycles. The van der Waals surface area contributed by atoms with Gasteiger partial charge in [-0.15, -0.1) is 0 Å². The first-order valence-corrected chi connectivity index (χ1v) is 5.66. The normalized spacial score (nSPS) is 9.89. The Labute approximate surface area is 110 Å². The fourth-order valence-electron chi connectivity index (χ4n) is 1.91. The Morgan fingerprint density at radius 2 is 2.26 bits per heavy atom. The maximum Gasteiger partial charge on any atom is 0.269 e. The summed E-state index contributed by atoms with van der Waals surface area (Å²) in [5.41, 5.74) is 2.14. The molecule has 96 valence electrons. The molecule has 0 saturated heterocycles. The molecule has 0 amide bonds. The number of nitro benzene ring substituents is 1. The number of rotatable bonds is 4. The van der Waals surface area contributed by atoms with Crippen molar-refractivity contribution < 1.29 is 4.92 Å². The van der Waals surface area contributed by atoms with Gasteiger partial charge in [-0.3, -0.25) is 10.1 Å². The molecule has 0 saturated carbocycles. The van der Waals surface area contributed by atoms with Crippen LogP contribution in [0.15, 0.2) is 36.5 Å². The average molecular weight is 256 g/mol. The van der Waals surface area contributed by atoms with E-state index in [0.717, 1.165) is 11.3 Å². The zero-order valence-electron chi connectivity index (χ0n) is 10.3. The first-order chi connectivity index (χ1) is 9.15. The second-order valence-electron chi connectivity index (χ2n) is 3.98. The summed E-state index contributed by atoms with van der Waals surface area (Å²) in [6.45, 7) is 0.410. The molecule has 1 N–H and O–H groups in total. The first-order valence-electron chi connectivity index (χ1n) is 5.66. The van der Waals surface area contributed by atoms with Crippen molar-refractivity contribution in [1.29, 1.82) is 5.26 Å². The van der Waals surface area contributed by atoms with Crippen molar-refractivity contribution in [2.75, 3.05) is 12.4 Å². The Hall–Kier alpha value is -2.81. The van der Waals surface area contributed by atoms with E-state index in [-0.39, 0.29) is 5.69 Å². The molecule has 0 radical (unpaired) electrons. The van der Waals surface area contributed by atoms with Gasteiger partial charge in [0.2, 0.25) is 0 Å². The third-order valence-electron chi connectivity index (χ3n) is 2.85. The van der Waals surface area contributed by atoms with Crippen LogP contribution in [0, 0.1) is 21.4 Å². The first kappa shape index (κ1) is 12.6. The molecule has 1 aromatic heterocycles. The lowest BCUT2D eigenvalue weighted by Gasteiger charge is -2.10. The van der Waals surface area contributed by atoms with E-state index in [2.05, 4.69) is 11.4 Å². The van der Waals surface area contributed by atoms with Gasteiger partial charge in [0.05, 0.1) is 11.5 Å². The second kappa shape index (κ2) is 5.23. The highest BCUT2D eigenvalue weighted by molar-refractivity contribution is 5.56. The predicted molar refractivity (Wildman–Crippen MR) is 70.9 cm³/mol. The van der Waals surface area contributed by atoms with Gasteiger partial charge in [0.1, 0.15) is 11.8 Å². The molecule has 19 heavy (non-hydrogen) atoms. The summed E-state index contributed by atoms with van der Waals surface area (Å²) in [6.07, 6.45) is 1.77. The van der Waals surface area contributed by atoms with Gasteiger partial charge in [-0.1, -0.05) is 0 Å². The summed E-state index contributed by atoms with van der Waals surface area (Å²) in [6, 6.07) is 10.2. The van der Waals surface area contributed by atoms with E-state index in [4.69, 9.17) is 5.26 Å². The smallest absolute Gasteiger partial charge is 0.269 e. The van der Waals surface area contributed by atoms with Crippen LogP contribution in [0.1, 0.15) is 11.3 Å². The van der Waals surface area contributed by atoms with Gasteiger partial charge >= 0.3 is 0 Å². The maximum absolute atomic E-state index is 10.8. The number of aromatic nitrogens is 1. The molecule has 0 aliphatic heterocycles. The SMILES string of the molecule is CNc1ccc([N+](=O)[O-])cc1Cn1cccc1C#N. The van der Waals surface area contributed by atoms with Crippen LogP contribution in [0.3, 0.4) is 0 Å². The molecule has 1 heterocycles. The minimum absolute atomic E-state index is 0.0414. The van der Waals surface area contributed by atoms with Crippen molar-refractivity contribution in [1.82, 2.24) is 4.57 Å². The monoisotopic (exact) mass is 256 g/mol. The number of hydrogen-bond donors (Lipinski definition) is 1. The van der Waals surface area contributed by atoms with Gasteiger partial charge in [-0.25, -0.2) is 0 Å². The lowest BCUT2D eigenvalue weighted by atomic mass is 10.1. The number of benzene rings is 1. The highest BCUT2D eigenvalue weighted by Gasteiger charge is 2.11. The van der Waals surface area contributed by atoms with Crippen molar-refractivity contribution in [2.45, 2.75) is 6.54 Å². The minimum Gasteiger partial charge on any atom is -0.388 e. The average Bonchev–Trinajstić information content (AvgIpc) is 2.85. The summed E-state index contributed by atoms with van der Waals surface area (Å²) in [5, 5.41) is 22.8. The Balaban J connectivity index is 2.41. The van der Waals surface area contributed by atoms with E-state index in [1.165, 1.54) is 12.1 Å². The molecule has 2 rings (SSSR count). The van der Waals surface area contributed by atoms with Crippen LogP contribution in [0.5, 0.6) is 0 Å². The molecular weight excluding hydrogens is 244 g/mol. The largest absolute Gasteiger partial charge is 0.388 e. The van der Waals surface area contributed by atoms with Crippen molar-refractivity contribution in [3.63, 3.8) is 0 Å². The van der Waals surface area contributed by atoms with E-state index in [0.29, 0.717) is 12.2 Å². The summed E-state index contributed by atoms with van der Waals surface area (Å²) in [5.74, 6) is 0. The zero-order chi connectivity index (χ0) is 13.8. The number of anilines is 1. The van der Waals surface area contributed by atoms with Gasteiger partial charge in [0.15, 0.2) is 0 Å². The van der Waals surface area contributed by atoms with E-state index < -0.39 is 4.92 Å². The molecule has 6 heteroatoms. The predicted octanol–water partition coefficient (Wildman–Crippen LogP) is 2.36. The molecule has 0 unspecified atom stereocenters. The number of hydrogen-bond acceptors (Lipinski definition) is 4. The van der Waals surface area contributed by atoms with Gasteiger partial charge < -0.3 is 9.88 Å². The number of nitrogens with zero attached hydrogens (tertiary/aromatic N) is 3. The molecule has 0 fully saturated rings. The fraction of sp³-hybridized carbons (Fsp3) is 0.154. The van der Waals surface area contributed by atoms with Gasteiger partial charge in [0, 0.05) is 36.6 Å². The molecule has 0 aliphatic rings. The Morgan fingerprint density at radius 3 is 2.89 bits per heavy atom. The van der Waals surface area contributed by atoms with E-state index in [1.807, 2.05) is 0 Å². The summed E-state index contributed by atoms with van der Waals surface area (Å²) >= 11 is 0. The van der Waals surface area contributed by atoms with E-state index in [9.17, 15) is 10.1 Å². The topological polar surface area (TPSA) is 83.9 Å². The van der Waals surface area contributed by atoms with Gasteiger partial charge in [-0.05, 0) is 18.2 Å². The summed E-state index contributed by atoms with van der Waals surface area (Å²) in [7, 11) is 1.76. The fourth-order valence-corrected chi connectivity index (χ4v) is 1.91. The molecule has 0 atom stereocenters. The second-order valence-corrected chi connectivity index (χ2v) is 3.98. The highest BCUT2D eigenvalue weighted by atomic mass is 16.6.